The molecule has 7 N–H and O–H groups in total. The van der Waals surface area contributed by atoms with Crippen LogP contribution in [-0.2, 0) is 31.8 Å². The van der Waals surface area contributed by atoms with Crippen LogP contribution in [0, 0.1) is 22.0 Å². The summed E-state index contributed by atoms with van der Waals surface area (Å²) in [7, 11) is -14.2. The van der Waals surface area contributed by atoms with Crippen molar-refractivity contribution in [3.05, 3.63) is 46.3 Å². The number of aromatic nitrogens is 2. The Morgan fingerprint density at radius 1 is 1.22 bits per heavy atom. The van der Waals surface area contributed by atoms with Crippen molar-refractivity contribution >= 4 is 56.8 Å². The van der Waals surface area contributed by atoms with Gasteiger partial charge in [0, 0.05) is 18.6 Å². The smallest absolute Gasteiger partial charge is 0.402 e. The summed E-state index contributed by atoms with van der Waals surface area (Å²) >= 11 is 0. The number of hydrogen-bond acceptors (Lipinski definition) is 15. The second-order valence-electron chi connectivity index (χ2n) is 8.61. The van der Waals surface area contributed by atoms with Gasteiger partial charge >= 0.3 is 29.3 Å². The molecule has 0 bridgehead atoms. The number of rotatable bonds is 15. The summed E-state index contributed by atoms with van der Waals surface area (Å²) in [6.07, 6.45) is -0.182. The van der Waals surface area contributed by atoms with E-state index in [0.717, 1.165) is 23.1 Å². The minimum atomic E-state index is -5.65. The Morgan fingerprint density at radius 2 is 1.96 bits per heavy atom. The van der Waals surface area contributed by atoms with Crippen molar-refractivity contribution in [1.82, 2.24) is 14.9 Å². The number of ether oxygens (including phenoxy) is 1. The molecule has 0 saturated carbocycles. The van der Waals surface area contributed by atoms with Crippen LogP contribution >= 0.6 is 45.1 Å². The molecule has 3 heterocycles. The third kappa shape index (κ3) is 12.4. The largest absolute Gasteiger partial charge is 0.536 e. The van der Waals surface area contributed by atoms with E-state index in [4.69, 9.17) is 19.4 Å². The van der Waals surface area contributed by atoms with Crippen LogP contribution in [-0.4, -0.2) is 81.3 Å². The molecule has 5 atom stereocenters. The maximum atomic E-state index is 12.1. The summed E-state index contributed by atoms with van der Waals surface area (Å²) in [4.78, 5) is 62.6. The van der Waals surface area contributed by atoms with Gasteiger partial charge in [-0.2, -0.15) is 8.62 Å². The lowest BCUT2D eigenvalue weighted by Crippen LogP contribution is -2.24. The number of carbonyl (C=O) groups is 1. The highest BCUT2D eigenvalue weighted by Gasteiger charge is 2.42. The first-order chi connectivity index (χ1) is 21.0. The summed E-state index contributed by atoms with van der Waals surface area (Å²) in [6, 6.07) is 3.72. The molecule has 1 aliphatic rings. The van der Waals surface area contributed by atoms with Crippen molar-refractivity contribution in [2.24, 2.45) is 0 Å². The fourth-order valence-corrected chi connectivity index (χ4v) is 8.34. The van der Waals surface area contributed by atoms with Crippen LogP contribution in [0.1, 0.15) is 24.6 Å². The van der Waals surface area contributed by atoms with Crippen LogP contribution in [0.25, 0.3) is 0 Å². The number of phosphoric ester groups is 1. The lowest BCUT2D eigenvalue weighted by molar-refractivity contribution is -0.393. The number of amides is 1. The monoisotopic (exact) mass is 734 g/mol. The highest BCUT2D eigenvalue weighted by molar-refractivity contribution is 8.76. The number of aliphatic hydroxyl groups is 2. The summed E-state index contributed by atoms with van der Waals surface area (Å²) < 4.78 is 52.3. The topological polar surface area (TPSA) is 300 Å². The van der Waals surface area contributed by atoms with Crippen LogP contribution in [0.3, 0.4) is 0 Å². The predicted molar refractivity (Wildman–Crippen MR) is 154 cm³/mol. The van der Waals surface area contributed by atoms with E-state index in [1.165, 1.54) is 33.7 Å². The fourth-order valence-electron chi connectivity index (χ4n) is 3.48. The summed E-state index contributed by atoms with van der Waals surface area (Å²) in [5.41, 5.74) is 0.286. The van der Waals surface area contributed by atoms with Gasteiger partial charge in [-0.05, 0) is 27.8 Å². The second kappa shape index (κ2) is 16.0. The van der Waals surface area contributed by atoms with Gasteiger partial charge < -0.3 is 49.6 Å². The molecule has 45 heavy (non-hydrogen) atoms. The van der Waals surface area contributed by atoms with Gasteiger partial charge in [-0.15, -0.1) is 0 Å². The minimum absolute atomic E-state index is 0.0422. The molecule has 25 heteroatoms. The minimum Gasteiger partial charge on any atom is -0.402 e. The van der Waals surface area contributed by atoms with Crippen molar-refractivity contribution < 1.29 is 71.1 Å². The molecule has 20 nitrogen and oxygen atoms in total. The van der Waals surface area contributed by atoms with Gasteiger partial charge in [0.2, 0.25) is 12.1 Å². The first-order valence-electron chi connectivity index (χ1n) is 12.1. The average Bonchev–Trinajstić information content (AvgIpc) is 3.51. The Morgan fingerprint density at radius 3 is 2.56 bits per heavy atom. The molecule has 0 aromatic carbocycles. The van der Waals surface area contributed by atoms with E-state index in [-0.39, 0.29) is 42.4 Å². The Kier molecular flexibility index (Phi) is 13.2. The van der Waals surface area contributed by atoms with E-state index in [0.29, 0.717) is 10.8 Å². The Balaban J connectivity index is 1.40. The van der Waals surface area contributed by atoms with Gasteiger partial charge in [-0.25, -0.2) is 23.2 Å². The Hall–Kier alpha value is -2.31. The van der Waals surface area contributed by atoms with Gasteiger partial charge in [-0.3, -0.25) is 9.69 Å². The molecule has 2 unspecified atom stereocenters. The van der Waals surface area contributed by atoms with E-state index < -0.39 is 53.4 Å². The summed E-state index contributed by atoms with van der Waals surface area (Å²) in [6.45, 7) is -0.480. The molecule has 0 radical (unpaired) electrons. The van der Waals surface area contributed by atoms with Crippen LogP contribution in [0.5, 0.6) is 5.75 Å². The number of phosphoric acid groups is 3. The highest BCUT2D eigenvalue weighted by atomic mass is 33.1. The normalized spacial score (nSPS) is 20.8. The van der Waals surface area contributed by atoms with Crippen molar-refractivity contribution in [3.8, 4) is 17.6 Å². The molecule has 1 amide bonds. The maximum absolute atomic E-state index is 12.1. The van der Waals surface area contributed by atoms with E-state index in [1.54, 1.807) is 0 Å². The predicted octanol–water partition coefficient (Wildman–Crippen LogP) is 1.44. The van der Waals surface area contributed by atoms with Gasteiger partial charge in [0.25, 0.3) is 0 Å². The maximum Gasteiger partial charge on any atom is 0.536 e. The molecule has 1 aliphatic heterocycles. The Labute approximate surface area is 261 Å². The van der Waals surface area contributed by atoms with E-state index in [9.17, 15) is 43.7 Å². The van der Waals surface area contributed by atoms with E-state index in [2.05, 4.69) is 35.3 Å². The number of pyridine rings is 1. The highest BCUT2D eigenvalue weighted by Crippen LogP contribution is 2.66. The standard InChI is InChI=1S/C20H25N4O16P3S2/c25-12-16-15(26)9-20(37-16)23-11-13(8-19(23)24(28)29)2-1-6-21-17(27)5-7-44-45-18-4-3-14(10-22-18)38-42(33,34)40-43(35,36)39-41(30,31)32/h3-4,8,10-11,15-16,20,25-26H,5-7,9,12H2,(H,21,27)(H,33,34)(H,35,36)(H2,30,31,32)/t15-,16+,20+/m0/s1. The van der Waals surface area contributed by atoms with Crippen LogP contribution < -0.4 is 9.84 Å². The Bertz CT molecular complexity index is 1580. The van der Waals surface area contributed by atoms with Crippen molar-refractivity contribution in [3.63, 3.8) is 0 Å². The van der Waals surface area contributed by atoms with Gasteiger partial charge in [0.1, 0.15) is 23.1 Å². The number of carbonyl (C=O) groups excluding carboxylic acids is 1. The lowest BCUT2D eigenvalue weighted by atomic mass is 10.2. The molecule has 248 valence electrons. The number of hydrogen-bond donors (Lipinski definition) is 7. The molecule has 2 aromatic rings. The molecular weight excluding hydrogens is 709 g/mol. The number of nitro groups is 1. The third-order valence-electron chi connectivity index (χ3n) is 5.22. The van der Waals surface area contributed by atoms with Gasteiger partial charge in [-0.1, -0.05) is 22.6 Å². The van der Waals surface area contributed by atoms with Crippen molar-refractivity contribution in [2.75, 3.05) is 18.9 Å². The van der Waals surface area contributed by atoms with Gasteiger partial charge in [0.15, 0.2) is 0 Å². The zero-order valence-corrected chi connectivity index (χ0v) is 26.7. The van der Waals surface area contributed by atoms with Crippen molar-refractivity contribution in [1.29, 1.82) is 0 Å². The average molecular weight is 734 g/mol. The number of nitrogens with one attached hydrogen (secondary N) is 1. The number of aliphatic hydroxyl groups excluding tert-OH is 2. The van der Waals surface area contributed by atoms with Crippen LogP contribution in [0.4, 0.5) is 5.82 Å². The fraction of sp³-hybridized carbons (Fsp3) is 0.400. The SMILES string of the molecule is O=C(CCSSc1ccc(OP(=O)(O)OP(=O)(O)OP(=O)(O)O)cn1)NCC#Cc1cc([N+](=O)[O-])n([C@H]2C[C@H](O)[C@@H](CO)O2)c1. The number of nitrogens with zero attached hydrogens (tertiary/aromatic N) is 3. The molecule has 0 spiro atoms. The summed E-state index contributed by atoms with van der Waals surface area (Å²) in [5.74, 6) is 4.72. The molecular formula is C20H25N4O16P3S2. The second-order valence-corrected chi connectivity index (χ2v) is 15.4. The first-order valence-corrected chi connectivity index (χ1v) is 19.0. The zero-order valence-electron chi connectivity index (χ0n) is 22.4. The molecule has 1 saturated heterocycles. The van der Waals surface area contributed by atoms with Crippen molar-refractivity contribution in [2.45, 2.75) is 36.3 Å². The van der Waals surface area contributed by atoms with E-state index >= 15 is 0 Å². The summed E-state index contributed by atoms with van der Waals surface area (Å²) in [5, 5.41) is 33.6. The van der Waals surface area contributed by atoms with Crippen LogP contribution in [0.2, 0.25) is 0 Å². The molecule has 2 aromatic heterocycles. The van der Waals surface area contributed by atoms with Gasteiger partial charge in [0.05, 0.1) is 37.1 Å². The third-order valence-corrected chi connectivity index (χ3v) is 11.3. The molecule has 3 rings (SSSR count). The lowest BCUT2D eigenvalue weighted by Gasteiger charge is -2.16. The first kappa shape index (κ1) is 37.2. The zero-order chi connectivity index (χ0) is 33.4. The van der Waals surface area contributed by atoms with Crippen LogP contribution in [0.15, 0.2) is 35.6 Å². The van der Waals surface area contributed by atoms with E-state index in [1.807, 2.05) is 0 Å². The quantitative estimate of drug-likeness (QED) is 0.0340. The molecule has 1 fully saturated rings. The molecule has 0 aliphatic carbocycles.